The average Bonchev–Trinajstić information content (AvgIpc) is 2.66. The van der Waals surface area contributed by atoms with Crippen LogP contribution in [0.4, 0.5) is 17.2 Å². The summed E-state index contributed by atoms with van der Waals surface area (Å²) in [5, 5.41) is 2.96. The highest BCUT2D eigenvalue weighted by Gasteiger charge is 2.14. The third kappa shape index (κ3) is 4.14. The molecule has 0 radical (unpaired) electrons. The molecule has 1 aromatic heterocycles. The molecule has 3 rings (SSSR count). The van der Waals surface area contributed by atoms with E-state index in [9.17, 15) is 4.79 Å². The molecule has 0 atom stereocenters. The third-order valence-electron chi connectivity index (χ3n) is 4.45. The van der Waals surface area contributed by atoms with Gasteiger partial charge in [0, 0.05) is 17.9 Å². The summed E-state index contributed by atoms with van der Waals surface area (Å²) in [4.78, 5) is 23.4. The minimum atomic E-state index is -0.258. The summed E-state index contributed by atoms with van der Waals surface area (Å²) in [6.45, 7) is 8.83. The number of para-hydroxylation sites is 1. The van der Waals surface area contributed by atoms with Crippen molar-refractivity contribution in [2.24, 2.45) is 0 Å². The number of rotatable bonds is 5. The number of carbonyl (C=O) groups is 1. The Balaban J connectivity index is 1.80. The Morgan fingerprint density at radius 2 is 1.67 bits per heavy atom. The van der Waals surface area contributed by atoms with Crippen LogP contribution < -0.4 is 10.2 Å². The first-order valence-corrected chi connectivity index (χ1v) is 9.03. The quantitative estimate of drug-likeness (QED) is 0.709. The van der Waals surface area contributed by atoms with Crippen molar-refractivity contribution in [1.29, 1.82) is 0 Å². The first-order chi connectivity index (χ1) is 13.0. The lowest BCUT2D eigenvalue weighted by Crippen LogP contribution is -2.19. The molecule has 0 aliphatic rings. The largest absolute Gasteiger partial charge is 0.325 e. The van der Waals surface area contributed by atoms with Gasteiger partial charge >= 0.3 is 0 Å². The fourth-order valence-electron chi connectivity index (χ4n) is 3.22. The number of aryl methyl sites for hydroxylation is 3. The van der Waals surface area contributed by atoms with Gasteiger partial charge < -0.3 is 10.2 Å². The fourth-order valence-corrected chi connectivity index (χ4v) is 3.22. The standard InChI is InChI=1S/C22H24N4O/c1-5-26(18-9-7-6-8-10-18)20-14-23-19(13-24-20)22(27)25-21-16(3)11-15(2)12-17(21)4/h6-14H,5H2,1-4H3,(H,25,27). The van der Waals surface area contributed by atoms with E-state index in [1.54, 1.807) is 6.20 Å². The highest BCUT2D eigenvalue weighted by molar-refractivity contribution is 6.03. The Hall–Kier alpha value is -3.21. The van der Waals surface area contributed by atoms with Gasteiger partial charge in [-0.15, -0.1) is 0 Å². The van der Waals surface area contributed by atoms with Crippen molar-refractivity contribution in [3.8, 4) is 0 Å². The van der Waals surface area contributed by atoms with Gasteiger partial charge in [0.1, 0.15) is 5.69 Å². The third-order valence-corrected chi connectivity index (χ3v) is 4.45. The molecule has 27 heavy (non-hydrogen) atoms. The molecule has 2 aromatic carbocycles. The van der Waals surface area contributed by atoms with Gasteiger partial charge in [0.15, 0.2) is 5.82 Å². The molecule has 0 saturated heterocycles. The number of hydrogen-bond acceptors (Lipinski definition) is 4. The van der Waals surface area contributed by atoms with E-state index >= 15 is 0 Å². The molecule has 0 fully saturated rings. The Kier molecular flexibility index (Phi) is 5.50. The molecule has 0 saturated carbocycles. The van der Waals surface area contributed by atoms with E-state index in [2.05, 4.69) is 34.3 Å². The van der Waals surface area contributed by atoms with E-state index in [-0.39, 0.29) is 5.91 Å². The fraction of sp³-hybridized carbons (Fsp3) is 0.227. The first-order valence-electron chi connectivity index (χ1n) is 9.03. The van der Waals surface area contributed by atoms with Crippen LogP contribution in [0, 0.1) is 20.8 Å². The van der Waals surface area contributed by atoms with E-state index in [4.69, 9.17) is 0 Å². The second-order valence-electron chi connectivity index (χ2n) is 6.57. The van der Waals surface area contributed by atoms with E-state index in [0.717, 1.165) is 29.0 Å². The Morgan fingerprint density at radius 1 is 1.00 bits per heavy atom. The number of nitrogens with zero attached hydrogens (tertiary/aromatic N) is 3. The predicted molar refractivity (Wildman–Crippen MR) is 110 cm³/mol. The van der Waals surface area contributed by atoms with E-state index in [1.165, 1.54) is 11.8 Å². The van der Waals surface area contributed by atoms with E-state index < -0.39 is 0 Å². The second-order valence-corrected chi connectivity index (χ2v) is 6.57. The minimum Gasteiger partial charge on any atom is -0.325 e. The molecular weight excluding hydrogens is 336 g/mol. The highest BCUT2D eigenvalue weighted by Crippen LogP contribution is 2.24. The zero-order chi connectivity index (χ0) is 19.4. The first kappa shape index (κ1) is 18.6. The Bertz CT molecular complexity index is 913. The topological polar surface area (TPSA) is 58.1 Å². The zero-order valence-electron chi connectivity index (χ0n) is 16.2. The van der Waals surface area contributed by atoms with Gasteiger partial charge in [0.25, 0.3) is 5.91 Å². The maximum absolute atomic E-state index is 12.6. The van der Waals surface area contributed by atoms with Crippen molar-refractivity contribution in [3.05, 3.63) is 77.2 Å². The van der Waals surface area contributed by atoms with Crippen molar-refractivity contribution >= 4 is 23.1 Å². The Morgan fingerprint density at radius 3 is 2.22 bits per heavy atom. The number of hydrogen-bond donors (Lipinski definition) is 1. The summed E-state index contributed by atoms with van der Waals surface area (Å²) in [7, 11) is 0. The van der Waals surface area contributed by atoms with Gasteiger partial charge in [-0.05, 0) is 51.0 Å². The number of nitrogens with one attached hydrogen (secondary N) is 1. The SMILES string of the molecule is CCN(c1ccccc1)c1cnc(C(=O)Nc2c(C)cc(C)cc2C)cn1. The zero-order valence-corrected chi connectivity index (χ0v) is 16.2. The highest BCUT2D eigenvalue weighted by atomic mass is 16.1. The summed E-state index contributed by atoms with van der Waals surface area (Å²) >= 11 is 0. The molecule has 138 valence electrons. The normalized spacial score (nSPS) is 10.5. The van der Waals surface area contributed by atoms with Crippen molar-refractivity contribution in [2.45, 2.75) is 27.7 Å². The number of benzene rings is 2. The smallest absolute Gasteiger partial charge is 0.275 e. The summed E-state index contributed by atoms with van der Waals surface area (Å²) in [6.07, 6.45) is 3.16. The van der Waals surface area contributed by atoms with Crippen LogP contribution in [0.5, 0.6) is 0 Å². The molecule has 0 aliphatic carbocycles. The maximum Gasteiger partial charge on any atom is 0.275 e. The number of aromatic nitrogens is 2. The second kappa shape index (κ2) is 7.99. The van der Waals surface area contributed by atoms with Gasteiger partial charge in [-0.2, -0.15) is 0 Å². The molecular formula is C22H24N4O. The summed E-state index contributed by atoms with van der Waals surface area (Å²) in [5.74, 6) is 0.454. The van der Waals surface area contributed by atoms with Crippen molar-refractivity contribution in [3.63, 3.8) is 0 Å². The molecule has 0 unspecified atom stereocenters. The summed E-state index contributed by atoms with van der Waals surface area (Å²) < 4.78 is 0. The van der Waals surface area contributed by atoms with Crippen LogP contribution in [0.15, 0.2) is 54.9 Å². The molecule has 0 spiro atoms. The van der Waals surface area contributed by atoms with Gasteiger partial charge in [0.2, 0.25) is 0 Å². The number of anilines is 3. The van der Waals surface area contributed by atoms with Crippen LogP contribution in [-0.2, 0) is 0 Å². The van der Waals surface area contributed by atoms with Crippen LogP contribution in [0.3, 0.4) is 0 Å². The molecule has 1 amide bonds. The molecule has 5 heteroatoms. The summed E-state index contributed by atoms with van der Waals surface area (Å²) in [5.41, 5.74) is 5.40. The average molecular weight is 360 g/mol. The Labute approximate surface area is 160 Å². The van der Waals surface area contributed by atoms with E-state index in [0.29, 0.717) is 11.5 Å². The molecule has 0 aliphatic heterocycles. The monoisotopic (exact) mass is 360 g/mol. The van der Waals surface area contributed by atoms with Crippen LogP contribution >= 0.6 is 0 Å². The summed E-state index contributed by atoms with van der Waals surface area (Å²) in [6, 6.07) is 14.1. The number of amides is 1. The van der Waals surface area contributed by atoms with Gasteiger partial charge in [0.05, 0.1) is 12.4 Å². The van der Waals surface area contributed by atoms with Crippen LogP contribution in [0.1, 0.15) is 34.1 Å². The maximum atomic E-state index is 12.6. The minimum absolute atomic E-state index is 0.258. The number of carbonyl (C=O) groups excluding carboxylic acids is 1. The van der Waals surface area contributed by atoms with Gasteiger partial charge in [-0.25, -0.2) is 9.97 Å². The van der Waals surface area contributed by atoms with Crippen LogP contribution in [-0.4, -0.2) is 22.4 Å². The van der Waals surface area contributed by atoms with Crippen LogP contribution in [0.25, 0.3) is 0 Å². The molecule has 1 heterocycles. The molecule has 5 nitrogen and oxygen atoms in total. The predicted octanol–water partition coefficient (Wildman–Crippen LogP) is 4.81. The molecule has 0 bridgehead atoms. The lowest BCUT2D eigenvalue weighted by atomic mass is 10.1. The van der Waals surface area contributed by atoms with Crippen molar-refractivity contribution in [2.75, 3.05) is 16.8 Å². The van der Waals surface area contributed by atoms with Crippen molar-refractivity contribution in [1.82, 2.24) is 9.97 Å². The van der Waals surface area contributed by atoms with Gasteiger partial charge in [-0.3, -0.25) is 4.79 Å². The van der Waals surface area contributed by atoms with E-state index in [1.807, 2.05) is 56.0 Å². The van der Waals surface area contributed by atoms with Crippen LogP contribution in [0.2, 0.25) is 0 Å². The van der Waals surface area contributed by atoms with Gasteiger partial charge in [-0.1, -0.05) is 35.9 Å². The molecule has 1 N–H and O–H groups in total. The van der Waals surface area contributed by atoms with Crippen molar-refractivity contribution < 1.29 is 4.79 Å². The lowest BCUT2D eigenvalue weighted by Gasteiger charge is -2.21. The molecule has 3 aromatic rings. The lowest BCUT2D eigenvalue weighted by molar-refractivity contribution is 0.102.